The summed E-state index contributed by atoms with van der Waals surface area (Å²) in [6, 6.07) is 8.30. The Morgan fingerprint density at radius 1 is 1.40 bits per heavy atom. The molecular formula is C11H14O2S2. The van der Waals surface area contributed by atoms with Gasteiger partial charge in [0.2, 0.25) is 0 Å². The maximum atomic E-state index is 10.3. The first-order chi connectivity index (χ1) is 7.22. The lowest BCUT2D eigenvalue weighted by Gasteiger charge is -2.02. The highest BCUT2D eigenvalue weighted by Gasteiger charge is 1.99. The van der Waals surface area contributed by atoms with E-state index in [9.17, 15) is 4.79 Å². The Bertz CT molecular complexity index is 326. The minimum absolute atomic E-state index is 0.259. The van der Waals surface area contributed by atoms with Gasteiger partial charge >= 0.3 is 5.97 Å². The fourth-order valence-electron chi connectivity index (χ4n) is 1.10. The fraction of sp³-hybridized carbons (Fsp3) is 0.364. The number of hydrogen-bond acceptors (Lipinski definition) is 3. The standard InChI is InChI=1S/C11H14O2S2/c1-14-9-4-2-5-10(8-9)15-7-3-6-11(12)13/h2,4-5,8H,3,6-7H2,1H3,(H,12,13). The summed E-state index contributed by atoms with van der Waals surface area (Å²) in [5, 5.41) is 8.48. The number of thioether (sulfide) groups is 2. The molecule has 0 bridgehead atoms. The van der Waals surface area contributed by atoms with Crippen molar-refractivity contribution < 1.29 is 9.90 Å². The van der Waals surface area contributed by atoms with Crippen LogP contribution in [0.3, 0.4) is 0 Å². The second-order valence-electron chi connectivity index (χ2n) is 3.02. The quantitative estimate of drug-likeness (QED) is 0.613. The molecule has 0 heterocycles. The third-order valence-corrected chi connectivity index (χ3v) is 3.65. The van der Waals surface area contributed by atoms with Gasteiger partial charge in [-0.05, 0) is 36.6 Å². The molecule has 2 nitrogen and oxygen atoms in total. The number of aliphatic carboxylic acids is 1. The van der Waals surface area contributed by atoms with Gasteiger partial charge in [0.25, 0.3) is 0 Å². The zero-order valence-corrected chi connectivity index (χ0v) is 10.2. The Morgan fingerprint density at radius 3 is 2.80 bits per heavy atom. The first kappa shape index (κ1) is 12.5. The van der Waals surface area contributed by atoms with Gasteiger partial charge in [-0.15, -0.1) is 23.5 Å². The van der Waals surface area contributed by atoms with Crippen LogP contribution in [-0.2, 0) is 4.79 Å². The summed E-state index contributed by atoms with van der Waals surface area (Å²) in [5.74, 6) is 0.151. The summed E-state index contributed by atoms with van der Waals surface area (Å²) in [6.07, 6.45) is 3.03. The molecule has 4 heteroatoms. The molecule has 1 N–H and O–H groups in total. The van der Waals surface area contributed by atoms with Crippen LogP contribution in [0.15, 0.2) is 34.1 Å². The minimum Gasteiger partial charge on any atom is -0.481 e. The van der Waals surface area contributed by atoms with E-state index in [0.29, 0.717) is 0 Å². The summed E-state index contributed by atoms with van der Waals surface area (Å²) >= 11 is 3.43. The van der Waals surface area contributed by atoms with Crippen molar-refractivity contribution in [2.75, 3.05) is 12.0 Å². The smallest absolute Gasteiger partial charge is 0.303 e. The summed E-state index contributed by atoms with van der Waals surface area (Å²) < 4.78 is 0. The summed E-state index contributed by atoms with van der Waals surface area (Å²) in [5.41, 5.74) is 0. The molecule has 0 radical (unpaired) electrons. The van der Waals surface area contributed by atoms with Crippen molar-refractivity contribution in [1.82, 2.24) is 0 Å². The molecule has 1 aromatic carbocycles. The van der Waals surface area contributed by atoms with Crippen LogP contribution in [0.25, 0.3) is 0 Å². The maximum absolute atomic E-state index is 10.3. The summed E-state index contributed by atoms with van der Waals surface area (Å²) in [4.78, 5) is 12.8. The summed E-state index contributed by atoms with van der Waals surface area (Å²) in [7, 11) is 0. The minimum atomic E-state index is -0.714. The Labute approximate surface area is 98.5 Å². The van der Waals surface area contributed by atoms with Crippen LogP contribution in [0, 0.1) is 0 Å². The largest absolute Gasteiger partial charge is 0.481 e. The van der Waals surface area contributed by atoms with Crippen molar-refractivity contribution in [2.45, 2.75) is 22.6 Å². The lowest BCUT2D eigenvalue weighted by atomic mass is 10.3. The number of carboxylic acid groups (broad SMARTS) is 1. The number of carboxylic acids is 1. The van der Waals surface area contributed by atoms with Crippen molar-refractivity contribution in [3.63, 3.8) is 0 Å². The molecule has 0 fully saturated rings. The molecule has 1 aromatic rings. The van der Waals surface area contributed by atoms with E-state index < -0.39 is 5.97 Å². The van der Waals surface area contributed by atoms with Crippen molar-refractivity contribution in [1.29, 1.82) is 0 Å². The molecule has 82 valence electrons. The van der Waals surface area contributed by atoms with Crippen molar-refractivity contribution >= 4 is 29.5 Å². The van der Waals surface area contributed by atoms with Crippen LogP contribution in [-0.4, -0.2) is 23.1 Å². The predicted molar refractivity (Wildman–Crippen MR) is 65.8 cm³/mol. The van der Waals surface area contributed by atoms with Gasteiger partial charge in [-0.2, -0.15) is 0 Å². The van der Waals surface area contributed by atoms with Gasteiger partial charge in [-0.1, -0.05) is 6.07 Å². The summed E-state index contributed by atoms with van der Waals surface area (Å²) in [6.45, 7) is 0. The average molecular weight is 242 g/mol. The topological polar surface area (TPSA) is 37.3 Å². The van der Waals surface area contributed by atoms with Crippen LogP contribution in [0.1, 0.15) is 12.8 Å². The van der Waals surface area contributed by atoms with E-state index in [4.69, 9.17) is 5.11 Å². The van der Waals surface area contributed by atoms with E-state index in [0.717, 1.165) is 12.2 Å². The molecule has 0 amide bonds. The monoisotopic (exact) mass is 242 g/mol. The average Bonchev–Trinajstić information content (AvgIpc) is 2.24. The maximum Gasteiger partial charge on any atom is 0.303 e. The van der Waals surface area contributed by atoms with Crippen LogP contribution in [0.4, 0.5) is 0 Å². The van der Waals surface area contributed by atoms with Gasteiger partial charge in [0, 0.05) is 16.2 Å². The Kier molecular flexibility index (Phi) is 5.65. The van der Waals surface area contributed by atoms with E-state index in [-0.39, 0.29) is 6.42 Å². The van der Waals surface area contributed by atoms with Crippen molar-refractivity contribution in [3.05, 3.63) is 24.3 Å². The Morgan fingerprint density at radius 2 is 2.13 bits per heavy atom. The predicted octanol–water partition coefficient (Wildman–Crippen LogP) is 3.37. The zero-order chi connectivity index (χ0) is 11.1. The van der Waals surface area contributed by atoms with Crippen molar-refractivity contribution in [2.24, 2.45) is 0 Å². The zero-order valence-electron chi connectivity index (χ0n) is 8.60. The van der Waals surface area contributed by atoms with E-state index in [1.165, 1.54) is 9.79 Å². The van der Waals surface area contributed by atoms with Crippen LogP contribution in [0.5, 0.6) is 0 Å². The van der Waals surface area contributed by atoms with Crippen LogP contribution in [0.2, 0.25) is 0 Å². The Balaban J connectivity index is 2.33. The van der Waals surface area contributed by atoms with Gasteiger partial charge in [0.1, 0.15) is 0 Å². The highest BCUT2D eigenvalue weighted by Crippen LogP contribution is 2.24. The number of rotatable bonds is 6. The molecule has 0 aromatic heterocycles. The highest BCUT2D eigenvalue weighted by atomic mass is 32.2. The van der Waals surface area contributed by atoms with Gasteiger partial charge in [-0.3, -0.25) is 4.79 Å². The molecule has 0 aliphatic heterocycles. The van der Waals surface area contributed by atoms with E-state index in [2.05, 4.69) is 18.2 Å². The third kappa shape index (κ3) is 5.14. The molecule has 15 heavy (non-hydrogen) atoms. The Hall–Kier alpha value is -0.610. The normalized spacial score (nSPS) is 10.2. The van der Waals surface area contributed by atoms with Gasteiger partial charge in [-0.25, -0.2) is 0 Å². The lowest BCUT2D eigenvalue weighted by molar-refractivity contribution is -0.137. The fourth-order valence-corrected chi connectivity index (χ4v) is 2.55. The van der Waals surface area contributed by atoms with Crippen LogP contribution < -0.4 is 0 Å². The molecule has 1 rings (SSSR count). The van der Waals surface area contributed by atoms with Crippen molar-refractivity contribution in [3.8, 4) is 0 Å². The molecule has 0 atom stereocenters. The molecule has 0 aliphatic rings. The lowest BCUT2D eigenvalue weighted by Crippen LogP contribution is -1.94. The first-order valence-electron chi connectivity index (χ1n) is 4.71. The molecule has 0 aliphatic carbocycles. The number of benzene rings is 1. The van der Waals surface area contributed by atoms with Gasteiger partial charge in [0.05, 0.1) is 0 Å². The molecular weight excluding hydrogens is 228 g/mol. The number of hydrogen-bond donors (Lipinski definition) is 1. The second-order valence-corrected chi connectivity index (χ2v) is 5.07. The number of carbonyl (C=O) groups is 1. The van der Waals surface area contributed by atoms with E-state index >= 15 is 0 Å². The molecule has 0 unspecified atom stereocenters. The third-order valence-electron chi connectivity index (χ3n) is 1.84. The van der Waals surface area contributed by atoms with E-state index in [1.54, 1.807) is 23.5 Å². The van der Waals surface area contributed by atoms with Gasteiger partial charge in [0.15, 0.2) is 0 Å². The molecule has 0 saturated carbocycles. The second kappa shape index (κ2) is 6.80. The SMILES string of the molecule is CSc1cccc(SCCCC(=O)O)c1. The first-order valence-corrected chi connectivity index (χ1v) is 6.92. The van der Waals surface area contributed by atoms with Gasteiger partial charge < -0.3 is 5.11 Å². The highest BCUT2D eigenvalue weighted by molar-refractivity contribution is 7.99. The molecule has 0 saturated heterocycles. The van der Waals surface area contributed by atoms with E-state index in [1.807, 2.05) is 12.3 Å². The van der Waals surface area contributed by atoms with Crippen LogP contribution >= 0.6 is 23.5 Å². The molecule has 0 spiro atoms.